The predicted octanol–water partition coefficient (Wildman–Crippen LogP) is 3.89. The molecule has 1 saturated carbocycles. The molecule has 0 unspecified atom stereocenters. The molecule has 1 aliphatic carbocycles. The zero-order valence-electron chi connectivity index (χ0n) is 10.5. The summed E-state index contributed by atoms with van der Waals surface area (Å²) in [5.74, 6) is 0. The third-order valence-corrected chi connectivity index (χ3v) is 3.88. The molecule has 0 saturated heterocycles. The molecule has 0 radical (unpaired) electrons. The minimum atomic E-state index is 0.599. The lowest BCUT2D eigenvalue weighted by atomic mass is 9.94. The van der Waals surface area contributed by atoms with Gasteiger partial charge in [-0.25, -0.2) is 4.98 Å². The van der Waals surface area contributed by atoms with Crippen LogP contribution < -0.4 is 0 Å². The van der Waals surface area contributed by atoms with Crippen molar-refractivity contribution in [1.29, 1.82) is 0 Å². The van der Waals surface area contributed by atoms with Crippen molar-refractivity contribution in [3.63, 3.8) is 0 Å². The van der Waals surface area contributed by atoms with E-state index in [9.17, 15) is 0 Å². The minimum Gasteiger partial charge on any atom is -0.296 e. The second kappa shape index (κ2) is 6.36. The van der Waals surface area contributed by atoms with Gasteiger partial charge in [0, 0.05) is 18.8 Å². The zero-order valence-corrected chi connectivity index (χ0v) is 11.3. The average Bonchev–Trinajstić information content (AvgIpc) is 2.37. The van der Waals surface area contributed by atoms with E-state index in [1.165, 1.54) is 37.7 Å². The van der Waals surface area contributed by atoms with Crippen LogP contribution in [0.5, 0.6) is 0 Å². The number of nitrogens with zero attached hydrogens (tertiary/aromatic N) is 2. The molecule has 0 bridgehead atoms. The third kappa shape index (κ3) is 3.68. The summed E-state index contributed by atoms with van der Waals surface area (Å²) in [4.78, 5) is 6.61. The van der Waals surface area contributed by atoms with Crippen LogP contribution in [-0.4, -0.2) is 22.5 Å². The summed E-state index contributed by atoms with van der Waals surface area (Å²) in [6, 6.07) is 4.81. The van der Waals surface area contributed by atoms with Gasteiger partial charge in [-0.2, -0.15) is 0 Å². The number of hydrogen-bond donors (Lipinski definition) is 0. The molecule has 0 aliphatic heterocycles. The van der Waals surface area contributed by atoms with Crippen molar-refractivity contribution in [1.82, 2.24) is 9.88 Å². The number of pyridine rings is 1. The standard InChI is InChI=1S/C14H21ClN2/c1-2-17(13-6-4-3-5-7-13)11-12-8-9-16-14(15)10-12/h8-10,13H,2-7,11H2,1H3. The topological polar surface area (TPSA) is 16.1 Å². The first-order valence-corrected chi connectivity index (χ1v) is 7.02. The maximum Gasteiger partial charge on any atom is 0.129 e. The number of hydrogen-bond acceptors (Lipinski definition) is 2. The van der Waals surface area contributed by atoms with Gasteiger partial charge < -0.3 is 0 Å². The Balaban J connectivity index is 1.98. The van der Waals surface area contributed by atoms with Crippen LogP contribution in [0.1, 0.15) is 44.6 Å². The quantitative estimate of drug-likeness (QED) is 0.756. The molecule has 0 aromatic carbocycles. The molecular formula is C14H21ClN2. The van der Waals surface area contributed by atoms with Gasteiger partial charge in [-0.1, -0.05) is 37.8 Å². The van der Waals surface area contributed by atoms with Gasteiger partial charge in [0.15, 0.2) is 0 Å². The zero-order chi connectivity index (χ0) is 12.1. The van der Waals surface area contributed by atoms with Gasteiger partial charge >= 0.3 is 0 Å². The Morgan fingerprint density at radius 3 is 2.76 bits per heavy atom. The van der Waals surface area contributed by atoms with Crippen LogP contribution in [0.2, 0.25) is 5.15 Å². The molecule has 1 fully saturated rings. The fraction of sp³-hybridized carbons (Fsp3) is 0.643. The lowest BCUT2D eigenvalue weighted by Crippen LogP contribution is -2.36. The molecule has 1 heterocycles. The monoisotopic (exact) mass is 252 g/mol. The first-order chi connectivity index (χ1) is 8.29. The highest BCUT2D eigenvalue weighted by atomic mass is 35.5. The van der Waals surface area contributed by atoms with Gasteiger partial charge in [-0.05, 0) is 37.1 Å². The van der Waals surface area contributed by atoms with Crippen molar-refractivity contribution < 1.29 is 0 Å². The van der Waals surface area contributed by atoms with Crippen LogP contribution in [0.25, 0.3) is 0 Å². The van der Waals surface area contributed by atoms with Gasteiger partial charge in [0.05, 0.1) is 0 Å². The van der Waals surface area contributed by atoms with E-state index in [1.807, 2.05) is 6.07 Å². The first kappa shape index (κ1) is 12.8. The second-order valence-electron chi connectivity index (χ2n) is 4.84. The van der Waals surface area contributed by atoms with Crippen molar-refractivity contribution in [2.24, 2.45) is 0 Å². The van der Waals surface area contributed by atoms with Crippen LogP contribution >= 0.6 is 11.6 Å². The highest BCUT2D eigenvalue weighted by molar-refractivity contribution is 6.29. The van der Waals surface area contributed by atoms with E-state index in [4.69, 9.17) is 11.6 Å². The number of rotatable bonds is 4. The Bertz CT molecular complexity index is 348. The largest absolute Gasteiger partial charge is 0.296 e. The highest BCUT2D eigenvalue weighted by Gasteiger charge is 2.19. The maximum absolute atomic E-state index is 5.93. The molecular weight excluding hydrogens is 232 g/mol. The van der Waals surface area contributed by atoms with Gasteiger partial charge in [-0.15, -0.1) is 0 Å². The van der Waals surface area contributed by atoms with Gasteiger partial charge in [0.2, 0.25) is 0 Å². The summed E-state index contributed by atoms with van der Waals surface area (Å²) >= 11 is 5.93. The maximum atomic E-state index is 5.93. The number of halogens is 1. The van der Waals surface area contributed by atoms with E-state index >= 15 is 0 Å². The lowest BCUT2D eigenvalue weighted by molar-refractivity contribution is 0.156. The van der Waals surface area contributed by atoms with Gasteiger partial charge in [-0.3, -0.25) is 4.90 Å². The van der Waals surface area contributed by atoms with E-state index in [0.717, 1.165) is 19.1 Å². The lowest BCUT2D eigenvalue weighted by Gasteiger charge is -2.33. The minimum absolute atomic E-state index is 0.599. The van der Waals surface area contributed by atoms with Crippen molar-refractivity contribution in [3.05, 3.63) is 29.0 Å². The van der Waals surface area contributed by atoms with E-state index < -0.39 is 0 Å². The van der Waals surface area contributed by atoms with Crippen LogP contribution in [0, 0.1) is 0 Å². The van der Waals surface area contributed by atoms with Crippen molar-refractivity contribution in [3.8, 4) is 0 Å². The highest BCUT2D eigenvalue weighted by Crippen LogP contribution is 2.24. The molecule has 0 amide bonds. The first-order valence-electron chi connectivity index (χ1n) is 6.64. The summed E-state index contributed by atoms with van der Waals surface area (Å²) < 4.78 is 0. The third-order valence-electron chi connectivity index (χ3n) is 3.67. The Morgan fingerprint density at radius 2 is 2.12 bits per heavy atom. The Hall–Kier alpha value is -0.600. The van der Waals surface area contributed by atoms with E-state index in [1.54, 1.807) is 6.20 Å². The van der Waals surface area contributed by atoms with Crippen LogP contribution in [0.4, 0.5) is 0 Å². The van der Waals surface area contributed by atoms with Crippen molar-refractivity contribution >= 4 is 11.6 Å². The summed E-state index contributed by atoms with van der Waals surface area (Å²) in [6.45, 7) is 4.37. The molecule has 1 aromatic heterocycles. The van der Waals surface area contributed by atoms with Gasteiger partial charge in [0.25, 0.3) is 0 Å². The van der Waals surface area contributed by atoms with Crippen LogP contribution in [-0.2, 0) is 6.54 Å². The fourth-order valence-corrected chi connectivity index (χ4v) is 2.92. The summed E-state index contributed by atoms with van der Waals surface area (Å²) in [5.41, 5.74) is 1.28. The van der Waals surface area contributed by atoms with Crippen LogP contribution in [0.15, 0.2) is 18.3 Å². The van der Waals surface area contributed by atoms with E-state index in [-0.39, 0.29) is 0 Å². The molecule has 3 heteroatoms. The summed E-state index contributed by atoms with van der Waals surface area (Å²) in [7, 11) is 0. The summed E-state index contributed by atoms with van der Waals surface area (Å²) in [5, 5.41) is 0.599. The van der Waals surface area contributed by atoms with E-state index in [0.29, 0.717) is 5.15 Å². The van der Waals surface area contributed by atoms with Crippen molar-refractivity contribution in [2.45, 2.75) is 51.6 Å². The van der Waals surface area contributed by atoms with E-state index in [2.05, 4.69) is 22.9 Å². The second-order valence-corrected chi connectivity index (χ2v) is 5.23. The Morgan fingerprint density at radius 1 is 1.35 bits per heavy atom. The molecule has 17 heavy (non-hydrogen) atoms. The SMILES string of the molecule is CCN(Cc1ccnc(Cl)c1)C1CCCCC1. The smallest absolute Gasteiger partial charge is 0.129 e. The predicted molar refractivity (Wildman–Crippen MR) is 72.2 cm³/mol. The molecule has 1 aromatic rings. The summed E-state index contributed by atoms with van der Waals surface area (Å²) in [6.07, 6.45) is 8.69. The molecule has 1 aliphatic rings. The molecule has 0 atom stereocenters. The molecule has 2 rings (SSSR count). The molecule has 94 valence electrons. The average molecular weight is 253 g/mol. The van der Waals surface area contributed by atoms with Crippen LogP contribution in [0.3, 0.4) is 0 Å². The number of aromatic nitrogens is 1. The fourth-order valence-electron chi connectivity index (χ4n) is 2.72. The molecule has 2 nitrogen and oxygen atoms in total. The normalized spacial score (nSPS) is 17.6. The van der Waals surface area contributed by atoms with Gasteiger partial charge in [0.1, 0.15) is 5.15 Å². The Labute approximate surface area is 109 Å². The Kier molecular flexibility index (Phi) is 4.81. The van der Waals surface area contributed by atoms with Crippen molar-refractivity contribution in [2.75, 3.05) is 6.54 Å². The molecule has 0 N–H and O–H groups in total. The molecule has 0 spiro atoms.